The second-order valence-electron chi connectivity index (χ2n) is 5.15. The van der Waals surface area contributed by atoms with E-state index in [9.17, 15) is 0 Å². The minimum Gasteiger partial charge on any atom is -0.314 e. The van der Waals surface area contributed by atoms with Crippen molar-refractivity contribution in [2.24, 2.45) is 0 Å². The molecule has 0 aliphatic carbocycles. The highest BCUT2D eigenvalue weighted by Crippen LogP contribution is 2.14. The first kappa shape index (κ1) is 13.5. The number of halogens is 1. The van der Waals surface area contributed by atoms with Gasteiger partial charge in [-0.1, -0.05) is 16.8 Å². The summed E-state index contributed by atoms with van der Waals surface area (Å²) in [6.07, 6.45) is 1.98. The van der Waals surface area contributed by atoms with Crippen LogP contribution < -0.4 is 5.32 Å². The summed E-state index contributed by atoms with van der Waals surface area (Å²) in [5.41, 5.74) is 1.97. The minimum absolute atomic E-state index is 0.532. The van der Waals surface area contributed by atoms with Crippen LogP contribution in [-0.2, 0) is 6.54 Å². The summed E-state index contributed by atoms with van der Waals surface area (Å²) < 4.78 is 1.79. The Labute approximate surface area is 123 Å². The fourth-order valence-corrected chi connectivity index (χ4v) is 2.54. The molecular weight excluding hydrogens is 274 g/mol. The van der Waals surface area contributed by atoms with Crippen molar-refractivity contribution in [2.75, 3.05) is 19.6 Å². The van der Waals surface area contributed by atoms with Crippen LogP contribution in [0.5, 0.6) is 0 Å². The van der Waals surface area contributed by atoms with Gasteiger partial charge in [0.05, 0.1) is 17.6 Å². The summed E-state index contributed by atoms with van der Waals surface area (Å²) in [5.74, 6) is 0. The first-order valence-corrected chi connectivity index (χ1v) is 7.22. The molecule has 1 saturated heterocycles. The fraction of sp³-hybridized carbons (Fsp3) is 0.429. The Balaban J connectivity index is 1.71. The van der Waals surface area contributed by atoms with E-state index in [1.54, 1.807) is 4.68 Å². The number of hydrogen-bond acceptors (Lipinski definition) is 4. The molecule has 2 aromatic rings. The average molecular weight is 292 g/mol. The molecule has 0 radical (unpaired) electrons. The van der Waals surface area contributed by atoms with E-state index in [-0.39, 0.29) is 0 Å². The molecule has 1 aromatic carbocycles. The maximum absolute atomic E-state index is 5.89. The molecule has 106 valence electrons. The molecule has 0 bridgehead atoms. The van der Waals surface area contributed by atoms with Gasteiger partial charge in [0.2, 0.25) is 0 Å². The van der Waals surface area contributed by atoms with Gasteiger partial charge in [-0.05, 0) is 31.2 Å². The molecule has 1 aliphatic rings. The molecule has 1 aliphatic heterocycles. The normalized spacial score (nSPS) is 20.2. The zero-order chi connectivity index (χ0) is 13.9. The van der Waals surface area contributed by atoms with Crippen LogP contribution in [-0.4, -0.2) is 45.6 Å². The second-order valence-corrected chi connectivity index (χ2v) is 5.59. The molecule has 0 unspecified atom stereocenters. The van der Waals surface area contributed by atoms with E-state index in [4.69, 9.17) is 11.6 Å². The predicted molar refractivity (Wildman–Crippen MR) is 79.1 cm³/mol. The first-order chi connectivity index (χ1) is 9.72. The molecule has 6 heteroatoms. The van der Waals surface area contributed by atoms with Gasteiger partial charge in [0.15, 0.2) is 0 Å². The van der Waals surface area contributed by atoms with Crippen LogP contribution in [0.25, 0.3) is 5.69 Å². The number of nitrogens with zero attached hydrogens (tertiary/aromatic N) is 4. The van der Waals surface area contributed by atoms with Crippen LogP contribution in [0, 0.1) is 0 Å². The highest BCUT2D eigenvalue weighted by molar-refractivity contribution is 6.30. The topological polar surface area (TPSA) is 46.0 Å². The van der Waals surface area contributed by atoms with Crippen molar-refractivity contribution in [2.45, 2.75) is 19.5 Å². The molecular formula is C14H18ClN5. The zero-order valence-electron chi connectivity index (χ0n) is 11.5. The van der Waals surface area contributed by atoms with Crippen LogP contribution in [0.4, 0.5) is 0 Å². The van der Waals surface area contributed by atoms with E-state index in [1.165, 1.54) is 0 Å². The van der Waals surface area contributed by atoms with Crippen molar-refractivity contribution in [3.63, 3.8) is 0 Å². The Kier molecular flexibility index (Phi) is 4.00. The Morgan fingerprint density at radius 1 is 1.35 bits per heavy atom. The average Bonchev–Trinajstić information content (AvgIpc) is 2.91. The monoisotopic (exact) mass is 291 g/mol. The summed E-state index contributed by atoms with van der Waals surface area (Å²) in [6, 6.07) is 8.12. The van der Waals surface area contributed by atoms with Crippen LogP contribution in [0.1, 0.15) is 12.6 Å². The summed E-state index contributed by atoms with van der Waals surface area (Å²) >= 11 is 5.89. The van der Waals surface area contributed by atoms with Gasteiger partial charge in [0.1, 0.15) is 0 Å². The molecule has 5 nitrogen and oxygen atoms in total. The van der Waals surface area contributed by atoms with E-state index < -0.39 is 0 Å². The lowest BCUT2D eigenvalue weighted by Crippen LogP contribution is -2.49. The van der Waals surface area contributed by atoms with Crippen LogP contribution >= 0.6 is 11.6 Å². The standard InChI is InChI=1S/C14H18ClN5/c1-11-8-16-6-7-19(11)9-13-10-20(18-17-13)14-4-2-12(15)3-5-14/h2-5,10-11,16H,6-9H2,1H3/t11-/m0/s1. The van der Waals surface area contributed by atoms with Gasteiger partial charge in [-0.15, -0.1) is 5.10 Å². The van der Waals surface area contributed by atoms with Crippen molar-refractivity contribution in [3.05, 3.63) is 41.2 Å². The van der Waals surface area contributed by atoms with E-state index in [2.05, 4.69) is 27.5 Å². The van der Waals surface area contributed by atoms with Crippen LogP contribution in [0.3, 0.4) is 0 Å². The lowest BCUT2D eigenvalue weighted by atomic mass is 10.2. The summed E-state index contributed by atoms with van der Waals surface area (Å²) in [7, 11) is 0. The van der Waals surface area contributed by atoms with Crippen molar-refractivity contribution in [3.8, 4) is 5.69 Å². The maximum Gasteiger partial charge on any atom is 0.0971 e. The minimum atomic E-state index is 0.532. The SMILES string of the molecule is C[C@H]1CNCCN1Cc1cn(-c2ccc(Cl)cc2)nn1. The van der Waals surface area contributed by atoms with E-state index >= 15 is 0 Å². The molecule has 0 amide bonds. The maximum atomic E-state index is 5.89. The number of aromatic nitrogens is 3. The van der Waals surface area contributed by atoms with Crippen molar-refractivity contribution in [1.29, 1.82) is 0 Å². The molecule has 20 heavy (non-hydrogen) atoms. The molecule has 1 atom stereocenters. The molecule has 1 aromatic heterocycles. The highest BCUT2D eigenvalue weighted by atomic mass is 35.5. The lowest BCUT2D eigenvalue weighted by Gasteiger charge is -2.33. The predicted octanol–water partition coefficient (Wildman–Crippen LogP) is 1.71. The third kappa shape index (κ3) is 3.00. The van der Waals surface area contributed by atoms with E-state index in [0.717, 1.165) is 42.6 Å². The van der Waals surface area contributed by atoms with Crippen molar-refractivity contribution >= 4 is 11.6 Å². The number of benzene rings is 1. The Hall–Kier alpha value is -1.43. The largest absolute Gasteiger partial charge is 0.314 e. The molecule has 0 spiro atoms. The van der Waals surface area contributed by atoms with Gasteiger partial charge >= 0.3 is 0 Å². The molecule has 1 fully saturated rings. The number of piperazine rings is 1. The zero-order valence-corrected chi connectivity index (χ0v) is 12.2. The Bertz CT molecular complexity index is 565. The Morgan fingerprint density at radius 3 is 2.90 bits per heavy atom. The first-order valence-electron chi connectivity index (χ1n) is 6.84. The lowest BCUT2D eigenvalue weighted by molar-refractivity contribution is 0.163. The molecule has 2 heterocycles. The van der Waals surface area contributed by atoms with Crippen molar-refractivity contribution in [1.82, 2.24) is 25.2 Å². The quantitative estimate of drug-likeness (QED) is 0.935. The Morgan fingerprint density at radius 2 is 2.15 bits per heavy atom. The number of hydrogen-bond donors (Lipinski definition) is 1. The van der Waals surface area contributed by atoms with Gasteiger partial charge in [-0.3, -0.25) is 4.90 Å². The fourth-order valence-electron chi connectivity index (χ4n) is 2.42. The van der Waals surface area contributed by atoms with Gasteiger partial charge in [0, 0.05) is 37.2 Å². The third-order valence-electron chi connectivity index (χ3n) is 3.64. The van der Waals surface area contributed by atoms with Gasteiger partial charge in [0.25, 0.3) is 0 Å². The van der Waals surface area contributed by atoms with Gasteiger partial charge < -0.3 is 5.32 Å². The van der Waals surface area contributed by atoms with E-state index in [0.29, 0.717) is 6.04 Å². The third-order valence-corrected chi connectivity index (χ3v) is 3.89. The second kappa shape index (κ2) is 5.91. The molecule has 0 saturated carbocycles. The smallest absolute Gasteiger partial charge is 0.0971 e. The van der Waals surface area contributed by atoms with Gasteiger partial charge in [-0.25, -0.2) is 4.68 Å². The molecule has 3 rings (SSSR count). The summed E-state index contributed by atoms with van der Waals surface area (Å²) in [4.78, 5) is 2.42. The number of rotatable bonds is 3. The van der Waals surface area contributed by atoms with Crippen LogP contribution in [0.2, 0.25) is 5.02 Å². The van der Waals surface area contributed by atoms with Gasteiger partial charge in [-0.2, -0.15) is 0 Å². The van der Waals surface area contributed by atoms with Crippen molar-refractivity contribution < 1.29 is 0 Å². The summed E-state index contributed by atoms with van der Waals surface area (Å²) in [6.45, 7) is 6.20. The van der Waals surface area contributed by atoms with E-state index in [1.807, 2.05) is 30.5 Å². The molecule has 1 N–H and O–H groups in total. The highest BCUT2D eigenvalue weighted by Gasteiger charge is 2.19. The summed E-state index contributed by atoms with van der Waals surface area (Å²) in [5, 5.41) is 12.6. The number of nitrogens with one attached hydrogen (secondary N) is 1. The van der Waals surface area contributed by atoms with Crippen LogP contribution in [0.15, 0.2) is 30.5 Å².